The summed E-state index contributed by atoms with van der Waals surface area (Å²) in [7, 11) is 0. The van der Waals surface area contributed by atoms with Crippen molar-refractivity contribution in [3.63, 3.8) is 0 Å². The summed E-state index contributed by atoms with van der Waals surface area (Å²) in [4.78, 5) is 29.9. The number of likely N-dealkylation sites (tertiary alicyclic amines) is 2. The molecule has 0 radical (unpaired) electrons. The minimum atomic E-state index is -0.0611. The maximum Gasteiger partial charge on any atom is 0.230 e. The Morgan fingerprint density at radius 1 is 0.923 bits per heavy atom. The number of carbonyl (C=O) groups is 2. The molecule has 0 bridgehead atoms. The lowest BCUT2D eigenvalue weighted by molar-refractivity contribution is -0.141. The van der Waals surface area contributed by atoms with E-state index in [2.05, 4.69) is 11.8 Å². The number of amides is 2. The number of hydrogen-bond donors (Lipinski definition) is 0. The van der Waals surface area contributed by atoms with E-state index in [4.69, 9.17) is 0 Å². The van der Waals surface area contributed by atoms with Gasteiger partial charge in [0.2, 0.25) is 11.8 Å². The molecule has 0 N–H and O–H groups in total. The molecule has 2 aliphatic heterocycles. The van der Waals surface area contributed by atoms with Crippen LogP contribution in [0.15, 0.2) is 30.3 Å². The molecule has 0 saturated carbocycles. The summed E-state index contributed by atoms with van der Waals surface area (Å²) in [5.74, 6) is 0.594. The summed E-state index contributed by atoms with van der Waals surface area (Å²) < 4.78 is 0. The van der Waals surface area contributed by atoms with Crippen molar-refractivity contribution in [1.82, 2.24) is 9.80 Å². The van der Waals surface area contributed by atoms with Crippen LogP contribution >= 0.6 is 0 Å². The maximum absolute atomic E-state index is 13.0. The average Bonchev–Trinajstić information content (AvgIpc) is 2.98. The Morgan fingerprint density at radius 3 is 2.12 bits per heavy atom. The van der Waals surface area contributed by atoms with Crippen molar-refractivity contribution in [3.05, 3.63) is 35.9 Å². The van der Waals surface area contributed by atoms with E-state index in [1.54, 1.807) is 0 Å². The molecule has 0 unspecified atom stereocenters. The zero-order chi connectivity index (χ0) is 18.4. The Balaban J connectivity index is 1.55. The lowest BCUT2D eigenvalue weighted by Crippen LogP contribution is -2.45. The van der Waals surface area contributed by atoms with E-state index in [0.29, 0.717) is 19.0 Å². The largest absolute Gasteiger partial charge is 0.342 e. The molecule has 2 aliphatic rings. The lowest BCUT2D eigenvalue weighted by Gasteiger charge is -2.35. The molecule has 4 heteroatoms. The second kappa shape index (κ2) is 9.20. The number of nitrogens with zero attached hydrogens (tertiary/aromatic N) is 2. The third-order valence-corrected chi connectivity index (χ3v) is 5.98. The van der Waals surface area contributed by atoms with Gasteiger partial charge in [-0.3, -0.25) is 9.59 Å². The van der Waals surface area contributed by atoms with E-state index < -0.39 is 0 Å². The smallest absolute Gasteiger partial charge is 0.230 e. The maximum atomic E-state index is 13.0. The van der Waals surface area contributed by atoms with Gasteiger partial charge in [-0.25, -0.2) is 0 Å². The zero-order valence-corrected chi connectivity index (χ0v) is 16.0. The van der Waals surface area contributed by atoms with Crippen LogP contribution in [-0.4, -0.2) is 47.8 Å². The molecule has 3 rings (SSSR count). The summed E-state index contributed by atoms with van der Waals surface area (Å²) in [6.07, 6.45) is 7.20. The predicted molar refractivity (Wildman–Crippen MR) is 104 cm³/mol. The Morgan fingerprint density at radius 2 is 1.54 bits per heavy atom. The first-order chi connectivity index (χ1) is 12.7. The predicted octanol–water partition coefficient (Wildman–Crippen LogP) is 3.82. The van der Waals surface area contributed by atoms with Gasteiger partial charge in [-0.1, -0.05) is 50.1 Å². The molecule has 142 valence electrons. The highest BCUT2D eigenvalue weighted by Crippen LogP contribution is 2.27. The molecule has 2 heterocycles. The van der Waals surface area contributed by atoms with Crippen LogP contribution in [0, 0.1) is 5.92 Å². The molecule has 0 spiro atoms. The summed E-state index contributed by atoms with van der Waals surface area (Å²) >= 11 is 0. The molecule has 1 aromatic carbocycles. The number of benzene rings is 1. The molecule has 4 nitrogen and oxygen atoms in total. The number of hydrogen-bond acceptors (Lipinski definition) is 2. The van der Waals surface area contributed by atoms with Crippen molar-refractivity contribution in [3.8, 4) is 0 Å². The van der Waals surface area contributed by atoms with Gasteiger partial charge in [0.25, 0.3) is 0 Å². The van der Waals surface area contributed by atoms with E-state index in [0.717, 1.165) is 50.8 Å². The van der Waals surface area contributed by atoms with Gasteiger partial charge in [-0.2, -0.15) is 0 Å². The third-order valence-electron chi connectivity index (χ3n) is 5.98. The van der Waals surface area contributed by atoms with Gasteiger partial charge in [0.15, 0.2) is 0 Å². The topological polar surface area (TPSA) is 40.6 Å². The van der Waals surface area contributed by atoms with Gasteiger partial charge < -0.3 is 9.80 Å². The molecule has 2 saturated heterocycles. The highest BCUT2D eigenvalue weighted by Gasteiger charge is 2.32. The van der Waals surface area contributed by atoms with Crippen molar-refractivity contribution >= 4 is 11.8 Å². The van der Waals surface area contributed by atoms with Gasteiger partial charge in [-0.15, -0.1) is 0 Å². The van der Waals surface area contributed by atoms with E-state index in [-0.39, 0.29) is 17.7 Å². The average molecular weight is 357 g/mol. The van der Waals surface area contributed by atoms with E-state index in [1.807, 2.05) is 35.2 Å². The SMILES string of the molecule is CC[C@@H](C(=O)N1CCC(C(=O)N2CCCCCC2)CC1)c1ccccc1. The Kier molecular flexibility index (Phi) is 6.70. The van der Waals surface area contributed by atoms with Gasteiger partial charge in [0, 0.05) is 32.1 Å². The van der Waals surface area contributed by atoms with Crippen molar-refractivity contribution in [1.29, 1.82) is 0 Å². The first-order valence-electron chi connectivity index (χ1n) is 10.3. The zero-order valence-electron chi connectivity index (χ0n) is 16.0. The molecule has 1 atom stereocenters. The van der Waals surface area contributed by atoms with Crippen LogP contribution in [0.1, 0.15) is 63.4 Å². The van der Waals surface area contributed by atoms with Gasteiger partial charge >= 0.3 is 0 Å². The van der Waals surface area contributed by atoms with Crippen LogP contribution in [0.25, 0.3) is 0 Å². The minimum absolute atomic E-state index is 0.0611. The van der Waals surface area contributed by atoms with E-state index in [9.17, 15) is 9.59 Å². The Hall–Kier alpha value is -1.84. The molecule has 1 aromatic rings. The summed E-state index contributed by atoms with van der Waals surface area (Å²) in [5, 5.41) is 0. The monoisotopic (exact) mass is 356 g/mol. The first-order valence-corrected chi connectivity index (χ1v) is 10.3. The van der Waals surface area contributed by atoms with Gasteiger partial charge in [0.1, 0.15) is 0 Å². The second-order valence-electron chi connectivity index (χ2n) is 7.71. The molecule has 2 amide bonds. The van der Waals surface area contributed by atoms with Crippen LogP contribution in [0.5, 0.6) is 0 Å². The quantitative estimate of drug-likeness (QED) is 0.823. The highest BCUT2D eigenvalue weighted by molar-refractivity contribution is 5.84. The highest BCUT2D eigenvalue weighted by atomic mass is 16.2. The van der Waals surface area contributed by atoms with Crippen molar-refractivity contribution < 1.29 is 9.59 Å². The lowest BCUT2D eigenvalue weighted by atomic mass is 9.91. The fourth-order valence-electron chi connectivity index (χ4n) is 4.35. The van der Waals surface area contributed by atoms with Crippen LogP contribution < -0.4 is 0 Å². The standard InChI is InChI=1S/C22H32N2O2/c1-2-20(18-10-6-5-7-11-18)22(26)24-16-12-19(13-17-24)21(25)23-14-8-3-4-9-15-23/h5-7,10-11,19-20H,2-4,8-9,12-17H2,1H3/t20-/m1/s1. The van der Waals surface area contributed by atoms with Crippen LogP contribution in [0.2, 0.25) is 0 Å². The fourth-order valence-corrected chi connectivity index (χ4v) is 4.35. The van der Waals surface area contributed by atoms with Gasteiger partial charge in [-0.05, 0) is 37.7 Å². The van der Waals surface area contributed by atoms with Gasteiger partial charge in [0.05, 0.1) is 5.92 Å². The number of carbonyl (C=O) groups excluding carboxylic acids is 2. The number of rotatable bonds is 4. The van der Waals surface area contributed by atoms with Crippen molar-refractivity contribution in [2.75, 3.05) is 26.2 Å². The van der Waals surface area contributed by atoms with E-state index in [1.165, 1.54) is 12.8 Å². The van der Waals surface area contributed by atoms with E-state index >= 15 is 0 Å². The molecular formula is C22H32N2O2. The molecule has 0 aromatic heterocycles. The Bertz CT molecular complexity index is 585. The molecule has 26 heavy (non-hydrogen) atoms. The molecule has 0 aliphatic carbocycles. The summed E-state index contributed by atoms with van der Waals surface area (Å²) in [5.41, 5.74) is 1.10. The molecular weight excluding hydrogens is 324 g/mol. The van der Waals surface area contributed by atoms with Crippen molar-refractivity contribution in [2.45, 2.75) is 57.8 Å². The van der Waals surface area contributed by atoms with Crippen LogP contribution in [0.4, 0.5) is 0 Å². The third kappa shape index (κ3) is 4.46. The summed E-state index contributed by atoms with van der Waals surface area (Å²) in [6.45, 7) is 5.35. The van der Waals surface area contributed by atoms with Crippen molar-refractivity contribution in [2.24, 2.45) is 5.92 Å². The van der Waals surface area contributed by atoms with Crippen LogP contribution in [0.3, 0.4) is 0 Å². The fraction of sp³-hybridized carbons (Fsp3) is 0.636. The normalized spacial score (nSPS) is 20.5. The van der Waals surface area contributed by atoms with Crippen LogP contribution in [-0.2, 0) is 9.59 Å². The Labute approximate surface area is 157 Å². The molecule has 2 fully saturated rings. The summed E-state index contributed by atoms with van der Waals surface area (Å²) in [6, 6.07) is 10.1. The first kappa shape index (κ1) is 18.9. The second-order valence-corrected chi connectivity index (χ2v) is 7.71. The number of piperidine rings is 1. The minimum Gasteiger partial charge on any atom is -0.342 e.